The second-order valence-corrected chi connectivity index (χ2v) is 6.83. The number of ether oxygens (including phenoxy) is 1. The number of benzene rings is 1. The first-order valence-corrected chi connectivity index (χ1v) is 8.98. The summed E-state index contributed by atoms with van der Waals surface area (Å²) >= 11 is 0. The molecule has 0 aliphatic carbocycles. The normalized spacial score (nSPS) is 15.6. The number of fused-ring (bicyclic) bond motifs is 1. The molecular formula is C20H26N2O3. The summed E-state index contributed by atoms with van der Waals surface area (Å²) in [4.78, 5) is 19.3. The fourth-order valence-electron chi connectivity index (χ4n) is 3.69. The van der Waals surface area contributed by atoms with Crippen LogP contribution in [0.2, 0.25) is 0 Å². The summed E-state index contributed by atoms with van der Waals surface area (Å²) in [6.07, 6.45) is 3.50. The predicted octanol–water partition coefficient (Wildman–Crippen LogP) is 3.24. The number of pyridine rings is 1. The summed E-state index contributed by atoms with van der Waals surface area (Å²) in [6, 6.07) is 4.21. The number of anilines is 1. The van der Waals surface area contributed by atoms with Gasteiger partial charge in [0.1, 0.15) is 5.56 Å². The van der Waals surface area contributed by atoms with Gasteiger partial charge < -0.3 is 14.7 Å². The minimum Gasteiger partial charge on any atom is -0.462 e. The van der Waals surface area contributed by atoms with Gasteiger partial charge in [-0.1, -0.05) is 11.6 Å². The number of aliphatic hydroxyl groups is 1. The van der Waals surface area contributed by atoms with Crippen molar-refractivity contribution in [2.75, 3.05) is 31.2 Å². The molecule has 1 aromatic heterocycles. The molecule has 1 aliphatic rings. The number of aromatic nitrogens is 1. The van der Waals surface area contributed by atoms with Gasteiger partial charge in [-0.25, -0.2) is 4.79 Å². The SMILES string of the molecule is CCOC(=O)c1cnc2c(C)cc(C)cc2c1N1CCC(CO)CC1. The highest BCUT2D eigenvalue weighted by Crippen LogP contribution is 2.35. The number of nitrogens with zero attached hydrogens (tertiary/aromatic N) is 2. The van der Waals surface area contributed by atoms with Crippen molar-refractivity contribution >= 4 is 22.6 Å². The van der Waals surface area contributed by atoms with Crippen molar-refractivity contribution in [3.8, 4) is 0 Å². The van der Waals surface area contributed by atoms with Crippen LogP contribution in [-0.4, -0.2) is 42.4 Å². The highest BCUT2D eigenvalue weighted by molar-refractivity contribution is 6.06. The summed E-state index contributed by atoms with van der Waals surface area (Å²) in [5, 5.41) is 10.4. The molecule has 1 fully saturated rings. The van der Waals surface area contributed by atoms with Crippen LogP contribution < -0.4 is 4.90 Å². The second kappa shape index (κ2) is 7.40. The molecule has 0 saturated carbocycles. The van der Waals surface area contributed by atoms with E-state index < -0.39 is 0 Å². The quantitative estimate of drug-likeness (QED) is 0.864. The Balaban J connectivity index is 2.14. The van der Waals surface area contributed by atoms with Gasteiger partial charge in [0.25, 0.3) is 0 Å². The average Bonchev–Trinajstić information content (AvgIpc) is 2.61. The van der Waals surface area contributed by atoms with Gasteiger partial charge in [-0.2, -0.15) is 0 Å². The number of hydrogen-bond acceptors (Lipinski definition) is 5. The molecule has 0 radical (unpaired) electrons. The van der Waals surface area contributed by atoms with E-state index in [2.05, 4.69) is 28.9 Å². The molecule has 5 heteroatoms. The maximum atomic E-state index is 12.5. The number of esters is 1. The standard InChI is InChI=1S/C20H26N2O3/c1-4-25-20(24)17-11-21-18-14(3)9-13(2)10-16(18)19(17)22-7-5-15(12-23)6-8-22/h9-11,15,23H,4-8,12H2,1-3H3. The summed E-state index contributed by atoms with van der Waals surface area (Å²) in [6.45, 7) is 8.14. The molecule has 1 saturated heterocycles. The molecule has 0 unspecified atom stereocenters. The highest BCUT2D eigenvalue weighted by atomic mass is 16.5. The number of rotatable bonds is 4. The van der Waals surface area contributed by atoms with Gasteiger partial charge in [0, 0.05) is 31.3 Å². The molecule has 5 nitrogen and oxygen atoms in total. The van der Waals surface area contributed by atoms with Crippen LogP contribution in [0.3, 0.4) is 0 Å². The molecule has 2 aromatic rings. The molecule has 134 valence electrons. The number of carbonyl (C=O) groups excluding carboxylic acids is 1. The lowest BCUT2D eigenvalue weighted by Gasteiger charge is -2.34. The van der Waals surface area contributed by atoms with E-state index in [0.717, 1.165) is 53.6 Å². The number of aliphatic hydroxyl groups excluding tert-OH is 1. The molecule has 25 heavy (non-hydrogen) atoms. The van der Waals surface area contributed by atoms with E-state index in [-0.39, 0.29) is 12.6 Å². The number of hydrogen-bond donors (Lipinski definition) is 1. The van der Waals surface area contributed by atoms with Gasteiger partial charge >= 0.3 is 5.97 Å². The third-order valence-corrected chi connectivity index (χ3v) is 4.96. The first-order valence-electron chi connectivity index (χ1n) is 8.98. The zero-order valence-corrected chi connectivity index (χ0v) is 15.2. The van der Waals surface area contributed by atoms with Crippen LogP contribution in [0.1, 0.15) is 41.3 Å². The summed E-state index contributed by atoms with van der Waals surface area (Å²) in [7, 11) is 0. The molecule has 2 heterocycles. The van der Waals surface area contributed by atoms with Crippen molar-refractivity contribution in [1.82, 2.24) is 4.98 Å². The summed E-state index contributed by atoms with van der Waals surface area (Å²) < 4.78 is 5.27. The lowest BCUT2D eigenvalue weighted by molar-refractivity contribution is 0.0526. The van der Waals surface area contributed by atoms with Crippen molar-refractivity contribution in [2.45, 2.75) is 33.6 Å². The number of carbonyl (C=O) groups is 1. The Kier molecular flexibility index (Phi) is 5.23. The van der Waals surface area contributed by atoms with Crippen molar-refractivity contribution < 1.29 is 14.6 Å². The van der Waals surface area contributed by atoms with Gasteiger partial charge in [0.2, 0.25) is 0 Å². The maximum Gasteiger partial charge on any atom is 0.341 e. The molecule has 3 rings (SSSR count). The monoisotopic (exact) mass is 342 g/mol. The van der Waals surface area contributed by atoms with Crippen LogP contribution in [0, 0.1) is 19.8 Å². The van der Waals surface area contributed by atoms with E-state index in [1.165, 1.54) is 0 Å². The zero-order chi connectivity index (χ0) is 18.0. The van der Waals surface area contributed by atoms with Gasteiger partial charge in [0.15, 0.2) is 0 Å². The Labute approximate surface area is 148 Å². The largest absolute Gasteiger partial charge is 0.462 e. The lowest BCUT2D eigenvalue weighted by atomic mass is 9.95. The predicted molar refractivity (Wildman–Crippen MR) is 99.2 cm³/mol. The Morgan fingerprint density at radius 3 is 2.68 bits per heavy atom. The number of aryl methyl sites for hydroxylation is 2. The first kappa shape index (κ1) is 17.7. The van der Waals surface area contributed by atoms with Gasteiger partial charge in [-0.05, 0) is 51.2 Å². The van der Waals surface area contributed by atoms with Gasteiger partial charge in [0.05, 0.1) is 17.8 Å². The molecule has 0 bridgehead atoms. The minimum atomic E-state index is -0.324. The Morgan fingerprint density at radius 1 is 1.32 bits per heavy atom. The van der Waals surface area contributed by atoms with Crippen LogP contribution in [0.5, 0.6) is 0 Å². The van der Waals surface area contributed by atoms with Crippen LogP contribution >= 0.6 is 0 Å². The smallest absolute Gasteiger partial charge is 0.341 e. The fourth-order valence-corrected chi connectivity index (χ4v) is 3.69. The van der Waals surface area contributed by atoms with Crippen LogP contribution in [-0.2, 0) is 4.74 Å². The molecule has 1 aromatic carbocycles. The molecule has 0 atom stereocenters. The van der Waals surface area contributed by atoms with E-state index in [1.54, 1.807) is 6.20 Å². The van der Waals surface area contributed by atoms with Crippen molar-refractivity contribution in [2.24, 2.45) is 5.92 Å². The minimum absolute atomic E-state index is 0.230. The van der Waals surface area contributed by atoms with E-state index in [1.807, 2.05) is 13.8 Å². The highest BCUT2D eigenvalue weighted by Gasteiger charge is 2.26. The average molecular weight is 342 g/mol. The summed E-state index contributed by atoms with van der Waals surface area (Å²) in [5.74, 6) is 0.0224. The second-order valence-electron chi connectivity index (χ2n) is 6.83. The van der Waals surface area contributed by atoms with Crippen molar-refractivity contribution in [1.29, 1.82) is 0 Å². The third-order valence-electron chi connectivity index (χ3n) is 4.96. The molecule has 1 aliphatic heterocycles. The zero-order valence-electron chi connectivity index (χ0n) is 15.2. The third kappa shape index (κ3) is 3.47. The Hall–Kier alpha value is -2.14. The van der Waals surface area contributed by atoms with Crippen molar-refractivity contribution in [3.63, 3.8) is 0 Å². The van der Waals surface area contributed by atoms with Gasteiger partial charge in [-0.15, -0.1) is 0 Å². The van der Waals surface area contributed by atoms with E-state index in [0.29, 0.717) is 18.1 Å². The first-order chi connectivity index (χ1) is 12.0. The van der Waals surface area contributed by atoms with E-state index in [4.69, 9.17) is 4.74 Å². The molecular weight excluding hydrogens is 316 g/mol. The van der Waals surface area contributed by atoms with Crippen molar-refractivity contribution in [3.05, 3.63) is 35.0 Å². The Morgan fingerprint density at radius 2 is 2.04 bits per heavy atom. The van der Waals surface area contributed by atoms with Crippen LogP contribution in [0.15, 0.2) is 18.3 Å². The maximum absolute atomic E-state index is 12.5. The summed E-state index contributed by atoms with van der Waals surface area (Å²) in [5.41, 5.74) is 4.64. The molecule has 0 amide bonds. The fraction of sp³-hybridized carbons (Fsp3) is 0.500. The van der Waals surface area contributed by atoms with Crippen LogP contribution in [0.4, 0.5) is 5.69 Å². The topological polar surface area (TPSA) is 62.7 Å². The molecule has 0 spiro atoms. The lowest BCUT2D eigenvalue weighted by Crippen LogP contribution is -2.36. The van der Waals surface area contributed by atoms with Crippen LogP contribution in [0.25, 0.3) is 10.9 Å². The number of piperidine rings is 1. The van der Waals surface area contributed by atoms with E-state index >= 15 is 0 Å². The van der Waals surface area contributed by atoms with Gasteiger partial charge in [-0.3, -0.25) is 4.98 Å². The molecule has 1 N–H and O–H groups in total. The van der Waals surface area contributed by atoms with E-state index in [9.17, 15) is 9.90 Å². The Bertz CT molecular complexity index is 780.